The number of ether oxygens (including phenoxy) is 1. The lowest BCUT2D eigenvalue weighted by atomic mass is 10.4. The van der Waals surface area contributed by atoms with Crippen LogP contribution in [0.1, 0.15) is 16.6 Å². The Kier molecular flexibility index (Phi) is 3.11. The first-order valence-corrected chi connectivity index (χ1v) is 4.91. The number of carboxylic acids is 1. The molecule has 0 saturated heterocycles. The van der Waals surface area contributed by atoms with Crippen LogP contribution in [-0.2, 0) is 0 Å². The highest BCUT2D eigenvalue weighted by Crippen LogP contribution is 2.32. The molecule has 0 amide bonds. The van der Waals surface area contributed by atoms with Gasteiger partial charge in [-0.15, -0.1) is 11.3 Å². The summed E-state index contributed by atoms with van der Waals surface area (Å²) in [7, 11) is 0. The van der Waals surface area contributed by atoms with E-state index in [-0.39, 0.29) is 4.88 Å². The van der Waals surface area contributed by atoms with Crippen molar-refractivity contribution < 1.29 is 14.6 Å². The van der Waals surface area contributed by atoms with E-state index in [4.69, 9.17) is 9.84 Å². The summed E-state index contributed by atoms with van der Waals surface area (Å²) in [5.74, 6) is -0.518. The van der Waals surface area contributed by atoms with Gasteiger partial charge in [-0.05, 0) is 22.9 Å². The molecule has 1 aromatic rings. The quantitative estimate of drug-likeness (QED) is 0.898. The van der Waals surface area contributed by atoms with Crippen LogP contribution in [0.25, 0.3) is 0 Å². The van der Waals surface area contributed by atoms with Crippen molar-refractivity contribution in [1.82, 2.24) is 0 Å². The molecule has 0 atom stereocenters. The average Bonchev–Trinajstić information content (AvgIpc) is 2.32. The number of halogens is 1. The van der Waals surface area contributed by atoms with Crippen molar-refractivity contribution in [3.8, 4) is 5.75 Å². The van der Waals surface area contributed by atoms with E-state index in [1.54, 1.807) is 6.07 Å². The van der Waals surface area contributed by atoms with Crippen molar-refractivity contribution >= 4 is 33.2 Å². The Morgan fingerprint density at radius 3 is 3.00 bits per heavy atom. The minimum Gasteiger partial charge on any atom is -0.492 e. The number of thiophene rings is 1. The normalized spacial score (nSPS) is 9.83. The van der Waals surface area contributed by atoms with Crippen LogP contribution < -0.4 is 4.74 Å². The molecule has 0 aliphatic carbocycles. The third-order valence-corrected chi connectivity index (χ3v) is 2.77. The first-order valence-electron chi connectivity index (χ1n) is 3.30. The highest BCUT2D eigenvalue weighted by molar-refractivity contribution is 9.11. The lowest BCUT2D eigenvalue weighted by molar-refractivity contribution is 0.0698. The second-order valence-electron chi connectivity index (χ2n) is 1.98. The van der Waals surface area contributed by atoms with Gasteiger partial charge in [0.25, 0.3) is 0 Å². The van der Waals surface area contributed by atoms with E-state index in [0.29, 0.717) is 12.4 Å². The van der Waals surface area contributed by atoms with E-state index < -0.39 is 5.97 Å². The molecule has 0 spiro atoms. The minimum atomic E-state index is -0.950. The maximum Gasteiger partial charge on any atom is 0.349 e. The Bertz CT molecular complexity index is 295. The predicted octanol–water partition coefficient (Wildman–Crippen LogP) is 2.61. The molecular formula is C7H7BrO3S. The molecule has 0 aliphatic heterocycles. The van der Waals surface area contributed by atoms with Crippen molar-refractivity contribution in [2.24, 2.45) is 0 Å². The fourth-order valence-electron chi connectivity index (χ4n) is 0.758. The third-order valence-electron chi connectivity index (χ3n) is 1.16. The van der Waals surface area contributed by atoms with Crippen molar-refractivity contribution in [3.05, 3.63) is 14.7 Å². The summed E-state index contributed by atoms with van der Waals surface area (Å²) in [5, 5.41) is 8.72. The first-order chi connectivity index (χ1) is 5.65. The molecular weight excluding hydrogens is 244 g/mol. The Morgan fingerprint density at radius 2 is 2.50 bits per heavy atom. The van der Waals surface area contributed by atoms with E-state index >= 15 is 0 Å². The molecule has 0 bridgehead atoms. The zero-order valence-corrected chi connectivity index (χ0v) is 8.74. The number of carbonyl (C=O) groups is 1. The smallest absolute Gasteiger partial charge is 0.349 e. The fraction of sp³-hybridized carbons (Fsp3) is 0.286. The monoisotopic (exact) mass is 250 g/mol. The largest absolute Gasteiger partial charge is 0.492 e. The molecule has 3 nitrogen and oxygen atoms in total. The summed E-state index contributed by atoms with van der Waals surface area (Å²) >= 11 is 4.35. The second-order valence-corrected chi connectivity index (χ2v) is 4.41. The van der Waals surface area contributed by atoms with Crippen LogP contribution in [-0.4, -0.2) is 17.7 Å². The van der Waals surface area contributed by atoms with Crippen LogP contribution in [0.2, 0.25) is 0 Å². The average molecular weight is 251 g/mol. The molecule has 66 valence electrons. The molecule has 1 heterocycles. The summed E-state index contributed by atoms with van der Waals surface area (Å²) in [6, 6.07) is 1.66. The van der Waals surface area contributed by atoms with Crippen LogP contribution in [0.4, 0.5) is 0 Å². The molecule has 0 unspecified atom stereocenters. The molecule has 1 N–H and O–H groups in total. The summed E-state index contributed by atoms with van der Waals surface area (Å²) in [6.07, 6.45) is 0. The standard InChI is InChI=1S/C7H7BrO3S/c1-2-11-4-3-5(8)12-6(4)7(9)10/h3H,2H2,1H3,(H,9,10). The molecule has 0 saturated carbocycles. The predicted molar refractivity (Wildman–Crippen MR) is 50.1 cm³/mol. The molecule has 0 aromatic carbocycles. The van der Waals surface area contributed by atoms with Gasteiger partial charge in [-0.2, -0.15) is 0 Å². The number of rotatable bonds is 3. The molecule has 5 heteroatoms. The molecule has 1 rings (SSSR count). The van der Waals surface area contributed by atoms with Crippen LogP contribution in [0.5, 0.6) is 5.75 Å². The lowest BCUT2D eigenvalue weighted by Crippen LogP contribution is -1.98. The summed E-state index contributed by atoms with van der Waals surface area (Å²) in [6.45, 7) is 2.29. The van der Waals surface area contributed by atoms with Crippen molar-refractivity contribution in [2.75, 3.05) is 6.61 Å². The Labute approximate surface area is 82.1 Å². The Hall–Kier alpha value is -0.550. The summed E-state index contributed by atoms with van der Waals surface area (Å²) < 4.78 is 5.89. The molecule has 12 heavy (non-hydrogen) atoms. The summed E-state index contributed by atoms with van der Waals surface area (Å²) in [4.78, 5) is 10.9. The van der Waals surface area contributed by atoms with E-state index in [2.05, 4.69) is 15.9 Å². The van der Waals surface area contributed by atoms with Gasteiger partial charge < -0.3 is 9.84 Å². The molecule has 1 aromatic heterocycles. The molecule has 0 radical (unpaired) electrons. The van der Waals surface area contributed by atoms with Gasteiger partial charge in [0.15, 0.2) is 4.88 Å². The van der Waals surface area contributed by atoms with Crippen LogP contribution in [0.15, 0.2) is 9.85 Å². The maximum atomic E-state index is 10.6. The summed E-state index contributed by atoms with van der Waals surface area (Å²) in [5.41, 5.74) is 0. The van der Waals surface area contributed by atoms with Gasteiger partial charge in [-0.1, -0.05) is 0 Å². The van der Waals surface area contributed by atoms with E-state index in [0.717, 1.165) is 15.1 Å². The van der Waals surface area contributed by atoms with Gasteiger partial charge in [0.2, 0.25) is 0 Å². The number of aromatic carboxylic acids is 1. The highest BCUT2D eigenvalue weighted by atomic mass is 79.9. The van der Waals surface area contributed by atoms with Gasteiger partial charge in [0.1, 0.15) is 5.75 Å². The van der Waals surface area contributed by atoms with Crippen LogP contribution >= 0.6 is 27.3 Å². The van der Waals surface area contributed by atoms with Crippen molar-refractivity contribution in [1.29, 1.82) is 0 Å². The van der Waals surface area contributed by atoms with Gasteiger partial charge >= 0.3 is 5.97 Å². The highest BCUT2D eigenvalue weighted by Gasteiger charge is 2.14. The molecule has 0 aliphatic rings. The maximum absolute atomic E-state index is 10.6. The van der Waals surface area contributed by atoms with E-state index in [9.17, 15) is 4.79 Å². The van der Waals surface area contributed by atoms with E-state index in [1.807, 2.05) is 6.92 Å². The van der Waals surface area contributed by atoms with Crippen molar-refractivity contribution in [3.63, 3.8) is 0 Å². The lowest BCUT2D eigenvalue weighted by Gasteiger charge is -1.99. The van der Waals surface area contributed by atoms with E-state index in [1.165, 1.54) is 0 Å². The van der Waals surface area contributed by atoms with Crippen LogP contribution in [0.3, 0.4) is 0 Å². The zero-order valence-electron chi connectivity index (χ0n) is 6.33. The topological polar surface area (TPSA) is 46.5 Å². The van der Waals surface area contributed by atoms with Gasteiger partial charge in [-0.25, -0.2) is 4.79 Å². The number of hydrogen-bond acceptors (Lipinski definition) is 3. The van der Waals surface area contributed by atoms with Gasteiger partial charge in [-0.3, -0.25) is 0 Å². The minimum absolute atomic E-state index is 0.240. The zero-order chi connectivity index (χ0) is 9.14. The van der Waals surface area contributed by atoms with Crippen molar-refractivity contribution in [2.45, 2.75) is 6.92 Å². The SMILES string of the molecule is CCOc1cc(Br)sc1C(=O)O. The first kappa shape index (κ1) is 9.54. The Balaban J connectivity index is 2.99. The number of carboxylic acid groups (broad SMARTS) is 1. The molecule has 0 fully saturated rings. The fourth-order valence-corrected chi connectivity index (χ4v) is 2.12. The van der Waals surface area contributed by atoms with Gasteiger partial charge in [0.05, 0.1) is 10.4 Å². The van der Waals surface area contributed by atoms with Gasteiger partial charge in [0, 0.05) is 6.07 Å². The van der Waals surface area contributed by atoms with Crippen LogP contribution in [0, 0.1) is 0 Å². The number of hydrogen-bond donors (Lipinski definition) is 1. The Morgan fingerprint density at radius 1 is 1.83 bits per heavy atom. The second kappa shape index (κ2) is 3.91. The third kappa shape index (κ3) is 1.98.